The van der Waals surface area contributed by atoms with E-state index in [9.17, 15) is 4.79 Å². The van der Waals surface area contributed by atoms with Crippen molar-refractivity contribution in [2.75, 3.05) is 18.0 Å². The Morgan fingerprint density at radius 3 is 3.06 bits per heavy atom. The summed E-state index contributed by atoms with van der Waals surface area (Å²) < 4.78 is 0. The normalized spacial score (nSPS) is 27.1. The molecule has 0 radical (unpaired) electrons. The van der Waals surface area contributed by atoms with Gasteiger partial charge in [0.2, 0.25) is 5.91 Å². The smallest absolute Gasteiger partial charge is 0.230 e. The monoisotopic (exact) mass is 244 g/mol. The zero-order chi connectivity index (χ0) is 12.5. The molecule has 0 saturated carbocycles. The number of piperidine rings is 1. The molecule has 1 N–H and O–H groups in total. The van der Waals surface area contributed by atoms with E-state index in [2.05, 4.69) is 30.4 Å². The van der Waals surface area contributed by atoms with Gasteiger partial charge in [-0.25, -0.2) is 0 Å². The summed E-state index contributed by atoms with van der Waals surface area (Å²) in [5.74, 6) is 0.528. The van der Waals surface area contributed by atoms with Gasteiger partial charge in [-0.3, -0.25) is 4.79 Å². The number of benzene rings is 1. The van der Waals surface area contributed by atoms with Crippen molar-refractivity contribution in [2.24, 2.45) is 5.92 Å². The zero-order valence-electron chi connectivity index (χ0n) is 10.9. The second-order valence-corrected chi connectivity index (χ2v) is 5.45. The van der Waals surface area contributed by atoms with Crippen LogP contribution >= 0.6 is 0 Å². The van der Waals surface area contributed by atoms with E-state index in [1.165, 1.54) is 5.56 Å². The van der Waals surface area contributed by atoms with E-state index in [4.69, 9.17) is 0 Å². The van der Waals surface area contributed by atoms with Crippen LogP contribution in [0.3, 0.4) is 0 Å². The van der Waals surface area contributed by atoms with Crippen LogP contribution < -0.4 is 10.2 Å². The van der Waals surface area contributed by atoms with Gasteiger partial charge in [0, 0.05) is 24.2 Å². The first-order chi connectivity index (χ1) is 8.75. The Morgan fingerprint density at radius 2 is 2.22 bits per heavy atom. The third-order valence-electron chi connectivity index (χ3n) is 4.13. The SMILES string of the molecule is C[C@H]1C[C@@H](C(=O)N2CCc3ccccc32)CCN1. The molecule has 3 rings (SSSR count). The molecule has 1 aromatic carbocycles. The van der Waals surface area contributed by atoms with Crippen LogP contribution in [0.25, 0.3) is 0 Å². The highest BCUT2D eigenvalue weighted by molar-refractivity contribution is 5.97. The van der Waals surface area contributed by atoms with Gasteiger partial charge in [-0.15, -0.1) is 0 Å². The molecule has 0 spiro atoms. The van der Waals surface area contributed by atoms with Crippen LogP contribution in [0.1, 0.15) is 25.3 Å². The summed E-state index contributed by atoms with van der Waals surface area (Å²) >= 11 is 0. The highest BCUT2D eigenvalue weighted by atomic mass is 16.2. The topological polar surface area (TPSA) is 32.3 Å². The number of rotatable bonds is 1. The summed E-state index contributed by atoms with van der Waals surface area (Å²) in [5, 5.41) is 3.41. The fraction of sp³-hybridized carbons (Fsp3) is 0.533. The zero-order valence-corrected chi connectivity index (χ0v) is 10.9. The molecule has 96 valence electrons. The first kappa shape index (κ1) is 11.7. The molecule has 2 atom stereocenters. The van der Waals surface area contributed by atoms with E-state index in [1.54, 1.807) is 0 Å². The van der Waals surface area contributed by atoms with E-state index in [0.29, 0.717) is 11.9 Å². The second kappa shape index (κ2) is 4.73. The molecule has 1 fully saturated rings. The Balaban J connectivity index is 1.78. The van der Waals surface area contributed by atoms with Crippen molar-refractivity contribution in [1.29, 1.82) is 0 Å². The van der Waals surface area contributed by atoms with Gasteiger partial charge in [0.1, 0.15) is 0 Å². The van der Waals surface area contributed by atoms with Gasteiger partial charge in [0.25, 0.3) is 0 Å². The van der Waals surface area contributed by atoms with E-state index < -0.39 is 0 Å². The standard InChI is InChI=1S/C15H20N2O/c1-11-10-13(6-8-16-11)15(18)17-9-7-12-4-2-3-5-14(12)17/h2-5,11,13,16H,6-10H2,1H3/t11-,13-/m0/s1. The molecule has 0 aliphatic carbocycles. The maximum atomic E-state index is 12.6. The fourth-order valence-corrected chi connectivity index (χ4v) is 3.14. The molecule has 3 nitrogen and oxygen atoms in total. The van der Waals surface area contributed by atoms with Crippen molar-refractivity contribution in [1.82, 2.24) is 5.32 Å². The van der Waals surface area contributed by atoms with Crippen LogP contribution in [0.2, 0.25) is 0 Å². The van der Waals surface area contributed by atoms with Gasteiger partial charge >= 0.3 is 0 Å². The van der Waals surface area contributed by atoms with Gasteiger partial charge < -0.3 is 10.2 Å². The van der Waals surface area contributed by atoms with Crippen molar-refractivity contribution in [3.8, 4) is 0 Å². The van der Waals surface area contributed by atoms with Crippen LogP contribution in [0.15, 0.2) is 24.3 Å². The van der Waals surface area contributed by atoms with E-state index in [1.807, 2.05) is 11.0 Å². The number of fused-ring (bicyclic) bond motifs is 1. The van der Waals surface area contributed by atoms with Crippen molar-refractivity contribution in [3.63, 3.8) is 0 Å². The average Bonchev–Trinajstić information content (AvgIpc) is 2.82. The highest BCUT2D eigenvalue weighted by Gasteiger charge is 2.32. The third kappa shape index (κ3) is 2.03. The van der Waals surface area contributed by atoms with E-state index in [-0.39, 0.29) is 5.92 Å². The van der Waals surface area contributed by atoms with Gasteiger partial charge in [-0.1, -0.05) is 18.2 Å². The van der Waals surface area contributed by atoms with Crippen LogP contribution in [0, 0.1) is 5.92 Å². The van der Waals surface area contributed by atoms with Crippen LogP contribution in [-0.4, -0.2) is 25.0 Å². The number of amides is 1. The van der Waals surface area contributed by atoms with E-state index in [0.717, 1.165) is 38.0 Å². The molecule has 0 aromatic heterocycles. The molecule has 18 heavy (non-hydrogen) atoms. The summed E-state index contributed by atoms with van der Waals surface area (Å²) in [6.45, 7) is 3.99. The molecular formula is C15H20N2O. The molecule has 3 heteroatoms. The summed E-state index contributed by atoms with van der Waals surface area (Å²) in [7, 11) is 0. The predicted molar refractivity (Wildman–Crippen MR) is 72.7 cm³/mol. The third-order valence-corrected chi connectivity index (χ3v) is 4.13. The number of nitrogens with one attached hydrogen (secondary N) is 1. The maximum absolute atomic E-state index is 12.6. The lowest BCUT2D eigenvalue weighted by Gasteiger charge is -2.30. The summed E-state index contributed by atoms with van der Waals surface area (Å²) in [6, 6.07) is 8.75. The Bertz CT molecular complexity index is 458. The van der Waals surface area contributed by atoms with Crippen LogP contribution in [-0.2, 0) is 11.2 Å². The number of hydrogen-bond donors (Lipinski definition) is 1. The maximum Gasteiger partial charge on any atom is 0.230 e. The van der Waals surface area contributed by atoms with Crippen molar-refractivity contribution in [3.05, 3.63) is 29.8 Å². The molecule has 2 aliphatic heterocycles. The average molecular weight is 244 g/mol. The molecule has 0 unspecified atom stereocenters. The van der Waals surface area contributed by atoms with Crippen LogP contribution in [0.4, 0.5) is 5.69 Å². The molecule has 0 bridgehead atoms. The van der Waals surface area contributed by atoms with Gasteiger partial charge in [0.15, 0.2) is 0 Å². The number of hydrogen-bond acceptors (Lipinski definition) is 2. The predicted octanol–water partition coefficient (Wildman–Crippen LogP) is 1.96. The quantitative estimate of drug-likeness (QED) is 0.819. The van der Waals surface area contributed by atoms with Crippen molar-refractivity contribution in [2.45, 2.75) is 32.2 Å². The van der Waals surface area contributed by atoms with Gasteiger partial charge in [-0.05, 0) is 44.4 Å². The molecule has 2 aliphatic rings. The largest absolute Gasteiger partial charge is 0.314 e. The highest BCUT2D eigenvalue weighted by Crippen LogP contribution is 2.30. The van der Waals surface area contributed by atoms with E-state index >= 15 is 0 Å². The first-order valence-corrected chi connectivity index (χ1v) is 6.88. The Kier molecular flexibility index (Phi) is 3.08. The Morgan fingerprint density at radius 1 is 1.39 bits per heavy atom. The minimum atomic E-state index is 0.201. The molecule has 2 heterocycles. The second-order valence-electron chi connectivity index (χ2n) is 5.45. The van der Waals surface area contributed by atoms with Crippen molar-refractivity contribution >= 4 is 11.6 Å². The number of carbonyl (C=O) groups is 1. The molecule has 1 aromatic rings. The minimum absolute atomic E-state index is 0.201. The number of anilines is 1. The number of nitrogens with zero attached hydrogens (tertiary/aromatic N) is 1. The molecular weight excluding hydrogens is 224 g/mol. The molecule has 1 amide bonds. The van der Waals surface area contributed by atoms with Crippen LogP contribution in [0.5, 0.6) is 0 Å². The lowest BCUT2D eigenvalue weighted by molar-refractivity contribution is -0.123. The first-order valence-electron chi connectivity index (χ1n) is 6.88. The summed E-state index contributed by atoms with van der Waals surface area (Å²) in [4.78, 5) is 14.6. The lowest BCUT2D eigenvalue weighted by Crippen LogP contribution is -2.43. The summed E-state index contributed by atoms with van der Waals surface area (Å²) in [5.41, 5.74) is 2.45. The lowest BCUT2D eigenvalue weighted by atomic mass is 9.92. The van der Waals surface area contributed by atoms with Crippen molar-refractivity contribution < 1.29 is 4.79 Å². The summed E-state index contributed by atoms with van der Waals surface area (Å²) in [6.07, 6.45) is 2.95. The number of para-hydroxylation sites is 1. The van der Waals surface area contributed by atoms with Gasteiger partial charge in [0.05, 0.1) is 0 Å². The molecule has 1 saturated heterocycles. The van der Waals surface area contributed by atoms with Gasteiger partial charge in [-0.2, -0.15) is 0 Å². The fourth-order valence-electron chi connectivity index (χ4n) is 3.14. The number of carbonyl (C=O) groups excluding carboxylic acids is 1. The minimum Gasteiger partial charge on any atom is -0.314 e. The Labute approximate surface area is 108 Å². The Hall–Kier alpha value is -1.35.